The second kappa shape index (κ2) is 34.0. The van der Waals surface area contributed by atoms with Crippen LogP contribution in [0.15, 0.2) is 10.3 Å². The lowest BCUT2D eigenvalue weighted by Crippen LogP contribution is -2.15. The van der Waals surface area contributed by atoms with Gasteiger partial charge in [-0.2, -0.15) is 5.11 Å². The molecule has 0 bridgehead atoms. The third-order valence-electron chi connectivity index (χ3n) is 4.03. The second-order valence-electron chi connectivity index (χ2n) is 6.89. The van der Waals surface area contributed by atoms with Crippen molar-refractivity contribution in [1.82, 2.24) is 0 Å². The standard InChI is InChI=1S/C22H48N4O10/c23-1-3-27-5-7-29-9-11-31-13-15-33-17-19-35-21-22-36-20-18-34-16-14-32-12-10-30-8-6-28-4-2-25-26-24/h1-23H2,(H2,24,25). The zero-order chi connectivity index (χ0) is 26.0. The molecular formula is C22H48N4O10. The normalized spacial score (nSPS) is 11.7. The maximum absolute atomic E-state index is 5.44. The molecule has 0 rings (SSSR count). The van der Waals surface area contributed by atoms with Gasteiger partial charge in [-0.15, -0.1) is 0 Å². The third-order valence-corrected chi connectivity index (χ3v) is 4.03. The summed E-state index contributed by atoms with van der Waals surface area (Å²) < 4.78 is 53.7. The Balaban J connectivity index is 3.01. The first-order chi connectivity index (χ1) is 17.9. The van der Waals surface area contributed by atoms with E-state index in [-0.39, 0.29) is 0 Å². The van der Waals surface area contributed by atoms with Crippen LogP contribution in [-0.4, -0.2) is 145 Å². The molecule has 0 radical (unpaired) electrons. The lowest BCUT2D eigenvalue weighted by molar-refractivity contribution is -0.0262. The fourth-order valence-electron chi connectivity index (χ4n) is 2.33. The first-order valence-electron chi connectivity index (χ1n) is 12.5. The predicted molar refractivity (Wildman–Crippen MR) is 131 cm³/mol. The maximum Gasteiger partial charge on any atom is 0.0854 e. The number of hydrogen-bond donors (Lipinski definition) is 2. The Morgan fingerprint density at radius 3 is 0.778 bits per heavy atom. The van der Waals surface area contributed by atoms with Gasteiger partial charge in [-0.25, -0.2) is 0 Å². The Hall–Kier alpha value is -1.04. The number of nitrogens with two attached hydrogens (primary N) is 2. The fraction of sp³-hybridized carbons (Fsp3) is 1.00. The van der Waals surface area contributed by atoms with E-state index in [9.17, 15) is 0 Å². The molecule has 14 heteroatoms. The summed E-state index contributed by atoms with van der Waals surface area (Å²) in [6, 6.07) is 0. The minimum atomic E-state index is 0.455. The van der Waals surface area contributed by atoms with Gasteiger partial charge < -0.3 is 58.9 Å². The Bertz CT molecular complexity index is 428. The average molecular weight is 529 g/mol. The summed E-state index contributed by atoms with van der Waals surface area (Å²) in [6.45, 7) is 11.4. The molecule has 216 valence electrons. The van der Waals surface area contributed by atoms with Crippen molar-refractivity contribution in [3.05, 3.63) is 0 Å². The smallest absolute Gasteiger partial charge is 0.0854 e. The van der Waals surface area contributed by atoms with Crippen molar-refractivity contribution in [2.45, 2.75) is 0 Å². The minimum Gasteiger partial charge on any atom is -0.378 e. The molecule has 0 fully saturated rings. The van der Waals surface area contributed by atoms with Crippen LogP contribution in [0.2, 0.25) is 0 Å². The largest absolute Gasteiger partial charge is 0.378 e. The van der Waals surface area contributed by atoms with E-state index in [2.05, 4.69) is 10.3 Å². The van der Waals surface area contributed by atoms with Gasteiger partial charge >= 0.3 is 0 Å². The van der Waals surface area contributed by atoms with E-state index in [0.29, 0.717) is 145 Å². The first-order valence-corrected chi connectivity index (χ1v) is 12.5. The van der Waals surface area contributed by atoms with Gasteiger partial charge in [0.25, 0.3) is 0 Å². The quantitative estimate of drug-likeness (QED) is 0.0494. The van der Waals surface area contributed by atoms with E-state index in [0.717, 1.165) is 0 Å². The molecule has 0 aliphatic rings. The summed E-state index contributed by atoms with van der Waals surface area (Å²) in [5.41, 5.74) is 5.32. The molecule has 0 aliphatic heterocycles. The van der Waals surface area contributed by atoms with Crippen molar-refractivity contribution in [3.8, 4) is 0 Å². The van der Waals surface area contributed by atoms with E-state index in [1.165, 1.54) is 0 Å². The van der Waals surface area contributed by atoms with Gasteiger partial charge in [-0.3, -0.25) is 0 Å². The molecule has 0 saturated heterocycles. The third kappa shape index (κ3) is 33.0. The first kappa shape index (κ1) is 35.0. The fourth-order valence-corrected chi connectivity index (χ4v) is 2.33. The van der Waals surface area contributed by atoms with E-state index < -0.39 is 0 Å². The number of nitrogens with zero attached hydrogens (tertiary/aromatic N) is 2. The highest BCUT2D eigenvalue weighted by Crippen LogP contribution is 1.86. The van der Waals surface area contributed by atoms with Crippen LogP contribution in [0.25, 0.3) is 0 Å². The summed E-state index contributed by atoms with van der Waals surface area (Å²) >= 11 is 0. The van der Waals surface area contributed by atoms with Gasteiger partial charge in [0.2, 0.25) is 0 Å². The highest BCUT2D eigenvalue weighted by atomic mass is 16.6. The summed E-state index contributed by atoms with van der Waals surface area (Å²) in [7, 11) is 0. The Morgan fingerprint density at radius 2 is 0.556 bits per heavy atom. The van der Waals surface area contributed by atoms with Crippen molar-refractivity contribution in [3.63, 3.8) is 0 Å². The zero-order valence-corrected chi connectivity index (χ0v) is 21.7. The van der Waals surface area contributed by atoms with Crippen molar-refractivity contribution in [1.29, 1.82) is 0 Å². The van der Waals surface area contributed by atoms with Crippen LogP contribution in [-0.2, 0) is 47.4 Å². The van der Waals surface area contributed by atoms with Gasteiger partial charge in [-0.05, 0) is 0 Å². The molecule has 0 amide bonds. The van der Waals surface area contributed by atoms with Crippen LogP contribution in [0.1, 0.15) is 0 Å². The summed E-state index contributed by atoms with van der Waals surface area (Å²) in [6.07, 6.45) is 0. The van der Waals surface area contributed by atoms with Gasteiger partial charge in [0, 0.05) is 6.54 Å². The monoisotopic (exact) mass is 528 g/mol. The summed E-state index contributed by atoms with van der Waals surface area (Å²) in [4.78, 5) is 0. The van der Waals surface area contributed by atoms with Crippen LogP contribution in [0.3, 0.4) is 0 Å². The number of rotatable bonds is 32. The molecule has 0 unspecified atom stereocenters. The zero-order valence-electron chi connectivity index (χ0n) is 21.7. The number of hydrogen-bond acceptors (Lipinski definition) is 13. The van der Waals surface area contributed by atoms with Crippen LogP contribution >= 0.6 is 0 Å². The Labute approximate surface area is 215 Å². The summed E-state index contributed by atoms with van der Waals surface area (Å²) in [5, 5.41) is 6.72. The maximum atomic E-state index is 5.44. The molecule has 0 aromatic heterocycles. The average Bonchev–Trinajstić information content (AvgIpc) is 2.89. The molecule has 36 heavy (non-hydrogen) atoms. The van der Waals surface area contributed by atoms with E-state index >= 15 is 0 Å². The molecule has 14 nitrogen and oxygen atoms in total. The van der Waals surface area contributed by atoms with Crippen molar-refractivity contribution < 1.29 is 47.4 Å². The van der Waals surface area contributed by atoms with E-state index in [1.54, 1.807) is 0 Å². The lowest BCUT2D eigenvalue weighted by atomic mass is 10.6. The SMILES string of the molecule is NCCOCCOCCOCCOCCOCCOCCOCCOCCOCCOCCN=NN. The topological polar surface area (TPSA) is 169 Å². The van der Waals surface area contributed by atoms with Crippen molar-refractivity contribution in [2.24, 2.45) is 21.9 Å². The Morgan fingerprint density at radius 1 is 0.333 bits per heavy atom. The molecule has 0 aromatic rings. The molecule has 0 spiro atoms. The molecule has 0 atom stereocenters. The molecule has 4 N–H and O–H groups in total. The van der Waals surface area contributed by atoms with Gasteiger partial charge in [0.15, 0.2) is 0 Å². The Kier molecular flexibility index (Phi) is 33.0. The van der Waals surface area contributed by atoms with Crippen LogP contribution in [0, 0.1) is 0 Å². The molecule has 0 heterocycles. The highest BCUT2D eigenvalue weighted by molar-refractivity contribution is 4.39. The molecule has 0 saturated carbocycles. The van der Waals surface area contributed by atoms with Crippen LogP contribution < -0.4 is 11.6 Å². The highest BCUT2D eigenvalue weighted by Gasteiger charge is 1.95. The van der Waals surface area contributed by atoms with Crippen molar-refractivity contribution >= 4 is 0 Å². The van der Waals surface area contributed by atoms with Gasteiger partial charge in [0.05, 0.1) is 139 Å². The van der Waals surface area contributed by atoms with Crippen molar-refractivity contribution in [2.75, 3.05) is 145 Å². The second-order valence-corrected chi connectivity index (χ2v) is 6.89. The van der Waals surface area contributed by atoms with E-state index in [4.69, 9.17) is 58.9 Å². The minimum absolute atomic E-state index is 0.455. The van der Waals surface area contributed by atoms with E-state index in [1.807, 2.05) is 0 Å². The van der Waals surface area contributed by atoms with Crippen LogP contribution in [0.5, 0.6) is 0 Å². The summed E-state index contributed by atoms with van der Waals surface area (Å²) in [5.74, 6) is 4.88. The van der Waals surface area contributed by atoms with Gasteiger partial charge in [-0.1, -0.05) is 5.22 Å². The van der Waals surface area contributed by atoms with Gasteiger partial charge in [0.1, 0.15) is 0 Å². The molecule has 0 aliphatic carbocycles. The molecular weight excluding hydrogens is 480 g/mol. The predicted octanol–water partition coefficient (Wildman–Crippen LogP) is -0.563. The number of ether oxygens (including phenoxy) is 10. The molecule has 0 aromatic carbocycles. The van der Waals surface area contributed by atoms with Crippen LogP contribution in [0.4, 0.5) is 0 Å². The lowest BCUT2D eigenvalue weighted by Gasteiger charge is -2.09.